The number of anilines is 1. The summed E-state index contributed by atoms with van der Waals surface area (Å²) < 4.78 is 0. The Bertz CT molecular complexity index is 438. The molecule has 1 saturated heterocycles. The second-order valence-corrected chi connectivity index (χ2v) is 4.86. The van der Waals surface area contributed by atoms with Crippen molar-refractivity contribution in [3.05, 3.63) is 30.3 Å². The molecule has 1 fully saturated rings. The number of nitrogens with two attached hydrogens (primary N) is 3. The lowest BCUT2D eigenvalue weighted by Crippen LogP contribution is -2.73. The summed E-state index contributed by atoms with van der Waals surface area (Å²) in [4.78, 5) is 13.8. The van der Waals surface area contributed by atoms with Gasteiger partial charge in [0.2, 0.25) is 5.91 Å². The van der Waals surface area contributed by atoms with E-state index in [4.69, 9.17) is 17.2 Å². The van der Waals surface area contributed by atoms with Crippen LogP contribution in [0.4, 0.5) is 5.69 Å². The molecule has 7 N–H and O–H groups in total. The topological polar surface area (TPSA) is 110 Å². The fourth-order valence-electron chi connectivity index (χ4n) is 2.49. The predicted molar refractivity (Wildman–Crippen MR) is 75.6 cm³/mol. The van der Waals surface area contributed by atoms with Gasteiger partial charge in [-0.1, -0.05) is 18.2 Å². The highest BCUT2D eigenvalue weighted by atomic mass is 16.1. The summed E-state index contributed by atoms with van der Waals surface area (Å²) in [7, 11) is 0. The molecule has 1 aromatic rings. The van der Waals surface area contributed by atoms with E-state index < -0.39 is 11.4 Å². The van der Waals surface area contributed by atoms with Crippen LogP contribution in [0.3, 0.4) is 0 Å². The third-order valence-corrected chi connectivity index (χ3v) is 3.72. The van der Waals surface area contributed by atoms with Crippen LogP contribution in [-0.4, -0.2) is 43.7 Å². The Morgan fingerprint density at radius 1 is 1.42 bits per heavy atom. The zero-order valence-electron chi connectivity index (χ0n) is 10.9. The van der Waals surface area contributed by atoms with Gasteiger partial charge in [0.1, 0.15) is 5.54 Å². The summed E-state index contributed by atoms with van der Waals surface area (Å²) in [5.41, 5.74) is 17.1. The number of nitrogens with one attached hydrogen (secondary N) is 1. The van der Waals surface area contributed by atoms with Gasteiger partial charge in [0.25, 0.3) is 0 Å². The van der Waals surface area contributed by atoms with Crippen LogP contribution >= 0.6 is 0 Å². The largest absolute Gasteiger partial charge is 0.368 e. The second kappa shape index (κ2) is 5.56. The van der Waals surface area contributed by atoms with Gasteiger partial charge in [0.15, 0.2) is 0 Å². The van der Waals surface area contributed by atoms with Gasteiger partial charge in [0.05, 0.1) is 6.04 Å². The van der Waals surface area contributed by atoms with Crippen LogP contribution in [0.15, 0.2) is 30.3 Å². The molecule has 0 radical (unpaired) electrons. The molecule has 1 aromatic carbocycles. The van der Waals surface area contributed by atoms with Crippen LogP contribution in [0.2, 0.25) is 0 Å². The van der Waals surface area contributed by atoms with E-state index in [0.717, 1.165) is 18.8 Å². The highest BCUT2D eigenvalue weighted by Crippen LogP contribution is 2.23. The van der Waals surface area contributed by atoms with Crippen molar-refractivity contribution >= 4 is 11.6 Å². The van der Waals surface area contributed by atoms with Gasteiger partial charge in [-0.2, -0.15) is 0 Å². The maximum absolute atomic E-state index is 11.7. The van der Waals surface area contributed by atoms with Gasteiger partial charge in [-0.3, -0.25) is 4.79 Å². The van der Waals surface area contributed by atoms with E-state index in [1.54, 1.807) is 0 Å². The second-order valence-electron chi connectivity index (χ2n) is 4.86. The number of primary amides is 1. The number of hydrogen-bond donors (Lipinski definition) is 4. The minimum atomic E-state index is -1.23. The van der Waals surface area contributed by atoms with Crippen LogP contribution < -0.4 is 27.4 Å². The highest BCUT2D eigenvalue weighted by Gasteiger charge is 2.43. The average Bonchev–Trinajstić information content (AvgIpc) is 2.47. The number of para-hydroxylation sites is 1. The van der Waals surface area contributed by atoms with Crippen molar-refractivity contribution < 1.29 is 4.79 Å². The zero-order chi connectivity index (χ0) is 13.9. The van der Waals surface area contributed by atoms with Crippen LogP contribution in [0.25, 0.3) is 0 Å². The van der Waals surface area contributed by atoms with Crippen LogP contribution in [-0.2, 0) is 4.79 Å². The molecule has 6 heteroatoms. The molecule has 0 bridgehead atoms. The van der Waals surface area contributed by atoms with E-state index in [2.05, 4.69) is 10.2 Å². The molecule has 1 heterocycles. The zero-order valence-corrected chi connectivity index (χ0v) is 10.9. The summed E-state index contributed by atoms with van der Waals surface area (Å²) in [5, 5.41) is 3.24. The Morgan fingerprint density at radius 2 is 2.11 bits per heavy atom. The van der Waals surface area contributed by atoms with Gasteiger partial charge < -0.3 is 27.4 Å². The molecule has 0 saturated carbocycles. The molecular formula is C13H21N5O. The predicted octanol–water partition coefficient (Wildman–Crippen LogP) is -1.39. The molecule has 0 spiro atoms. The molecular weight excluding hydrogens is 242 g/mol. The first-order valence-electron chi connectivity index (χ1n) is 6.41. The molecule has 2 rings (SSSR count). The van der Waals surface area contributed by atoms with Crippen molar-refractivity contribution in [1.82, 2.24) is 5.32 Å². The Balaban J connectivity index is 2.33. The number of rotatable bonds is 4. The molecule has 1 aliphatic rings. The first-order chi connectivity index (χ1) is 9.09. The molecule has 2 atom stereocenters. The lowest BCUT2D eigenvalue weighted by atomic mass is 9.87. The van der Waals surface area contributed by atoms with Crippen molar-refractivity contribution in [1.29, 1.82) is 0 Å². The van der Waals surface area contributed by atoms with E-state index in [0.29, 0.717) is 6.54 Å². The minimum absolute atomic E-state index is 0.0258. The summed E-state index contributed by atoms with van der Waals surface area (Å²) >= 11 is 0. The van der Waals surface area contributed by atoms with Gasteiger partial charge in [-0.05, 0) is 12.1 Å². The maximum Gasteiger partial charge on any atom is 0.241 e. The molecule has 2 unspecified atom stereocenters. The number of carbonyl (C=O) groups excluding carboxylic acids is 1. The summed E-state index contributed by atoms with van der Waals surface area (Å²) in [5.74, 6) is -0.565. The summed E-state index contributed by atoms with van der Waals surface area (Å²) in [6, 6.07) is 9.62. The van der Waals surface area contributed by atoms with Crippen LogP contribution in [0, 0.1) is 0 Å². The monoisotopic (exact) mass is 263 g/mol. The fraction of sp³-hybridized carbons (Fsp3) is 0.462. The standard InChI is InChI=1S/C13H21N5O/c14-9-13(16,12(15)19)11-8-17-6-7-18(11)10-4-2-1-3-5-10/h1-5,11,17H,6-9,14,16H2,(H2,15,19). The quantitative estimate of drug-likeness (QED) is 0.534. The van der Waals surface area contributed by atoms with E-state index in [9.17, 15) is 4.79 Å². The molecule has 0 aromatic heterocycles. The van der Waals surface area contributed by atoms with Gasteiger partial charge in [-0.25, -0.2) is 0 Å². The Morgan fingerprint density at radius 3 is 2.68 bits per heavy atom. The lowest BCUT2D eigenvalue weighted by Gasteiger charge is -2.45. The smallest absolute Gasteiger partial charge is 0.241 e. The minimum Gasteiger partial charge on any atom is -0.368 e. The number of piperazine rings is 1. The van der Waals surface area contributed by atoms with E-state index in [1.165, 1.54) is 0 Å². The van der Waals surface area contributed by atoms with Crippen molar-refractivity contribution in [2.45, 2.75) is 11.6 Å². The van der Waals surface area contributed by atoms with Gasteiger partial charge in [-0.15, -0.1) is 0 Å². The fourth-order valence-corrected chi connectivity index (χ4v) is 2.49. The number of benzene rings is 1. The van der Waals surface area contributed by atoms with Gasteiger partial charge >= 0.3 is 0 Å². The molecule has 0 aliphatic carbocycles. The Hall–Kier alpha value is -1.63. The molecule has 1 aliphatic heterocycles. The Labute approximate surface area is 112 Å². The third-order valence-electron chi connectivity index (χ3n) is 3.72. The van der Waals surface area contributed by atoms with Crippen molar-refractivity contribution in [3.63, 3.8) is 0 Å². The number of nitrogens with zero attached hydrogens (tertiary/aromatic N) is 1. The maximum atomic E-state index is 11.7. The molecule has 104 valence electrons. The first kappa shape index (κ1) is 13.8. The van der Waals surface area contributed by atoms with Gasteiger partial charge in [0, 0.05) is 31.9 Å². The van der Waals surface area contributed by atoms with Crippen molar-refractivity contribution in [2.24, 2.45) is 17.2 Å². The first-order valence-corrected chi connectivity index (χ1v) is 6.41. The van der Waals surface area contributed by atoms with E-state index in [-0.39, 0.29) is 12.6 Å². The number of carbonyl (C=O) groups is 1. The van der Waals surface area contributed by atoms with E-state index in [1.807, 2.05) is 30.3 Å². The van der Waals surface area contributed by atoms with Crippen LogP contribution in [0.5, 0.6) is 0 Å². The third kappa shape index (κ3) is 2.56. The molecule has 19 heavy (non-hydrogen) atoms. The highest BCUT2D eigenvalue weighted by molar-refractivity contribution is 5.86. The summed E-state index contributed by atoms with van der Waals surface area (Å²) in [6.45, 7) is 2.22. The summed E-state index contributed by atoms with van der Waals surface area (Å²) in [6.07, 6.45) is 0. The van der Waals surface area contributed by atoms with Crippen molar-refractivity contribution in [2.75, 3.05) is 31.1 Å². The van der Waals surface area contributed by atoms with Crippen LogP contribution in [0.1, 0.15) is 0 Å². The number of amides is 1. The molecule has 6 nitrogen and oxygen atoms in total. The lowest BCUT2D eigenvalue weighted by molar-refractivity contribution is -0.123. The Kier molecular flexibility index (Phi) is 4.04. The number of hydrogen-bond acceptors (Lipinski definition) is 5. The molecule has 1 amide bonds. The SMILES string of the molecule is NCC(N)(C(N)=O)C1CNCCN1c1ccccc1. The van der Waals surface area contributed by atoms with Crippen molar-refractivity contribution in [3.8, 4) is 0 Å². The van der Waals surface area contributed by atoms with E-state index >= 15 is 0 Å². The average molecular weight is 263 g/mol. The normalized spacial score (nSPS) is 22.8.